The van der Waals surface area contributed by atoms with Crippen LogP contribution < -0.4 is 0 Å². The lowest BCUT2D eigenvalue weighted by molar-refractivity contribution is -0.194. The standard InChI is InChI=1S/C19H26F3NO3S/c1-12-14(8-7-9-15(12)27(6,25)26)18(5)10-11-23(13(2)17(18,3)4)16(24)19(20,21)22/h7-9,13H,10-11H2,1-6H3/t13-,18+/m1/s1. The Morgan fingerprint density at radius 3 is 2.26 bits per heavy atom. The first-order valence-corrected chi connectivity index (χ1v) is 10.6. The van der Waals surface area contributed by atoms with Gasteiger partial charge < -0.3 is 4.90 Å². The van der Waals surface area contributed by atoms with Crippen LogP contribution in [0.2, 0.25) is 0 Å². The van der Waals surface area contributed by atoms with Crippen molar-refractivity contribution < 1.29 is 26.4 Å². The van der Waals surface area contributed by atoms with E-state index in [-0.39, 0.29) is 11.4 Å². The molecule has 1 aromatic rings. The smallest absolute Gasteiger partial charge is 0.332 e. The zero-order valence-corrected chi connectivity index (χ0v) is 17.3. The summed E-state index contributed by atoms with van der Waals surface area (Å²) in [5, 5.41) is 0. The first kappa shape index (κ1) is 21.7. The molecule has 1 aliphatic rings. The summed E-state index contributed by atoms with van der Waals surface area (Å²) in [6, 6.07) is 4.36. The molecular weight excluding hydrogens is 379 g/mol. The van der Waals surface area contributed by atoms with Crippen molar-refractivity contribution in [1.29, 1.82) is 0 Å². The molecule has 27 heavy (non-hydrogen) atoms. The van der Waals surface area contributed by atoms with Crippen LogP contribution in [-0.2, 0) is 20.0 Å². The third kappa shape index (κ3) is 3.48. The van der Waals surface area contributed by atoms with Gasteiger partial charge in [-0.2, -0.15) is 13.2 Å². The van der Waals surface area contributed by atoms with E-state index in [1.54, 1.807) is 19.9 Å². The molecule has 0 unspecified atom stereocenters. The SMILES string of the molecule is Cc1c([C@]2(C)CCN(C(=O)C(F)(F)F)[C@H](C)C2(C)C)cccc1S(C)(=O)=O. The topological polar surface area (TPSA) is 54.5 Å². The van der Waals surface area contributed by atoms with Crippen LogP contribution >= 0.6 is 0 Å². The monoisotopic (exact) mass is 405 g/mol. The minimum absolute atomic E-state index is 0.0397. The molecule has 0 N–H and O–H groups in total. The first-order valence-electron chi connectivity index (χ1n) is 8.73. The van der Waals surface area contributed by atoms with Gasteiger partial charge in [0.15, 0.2) is 9.84 Å². The Labute approximate surface area is 158 Å². The average Bonchev–Trinajstić information content (AvgIpc) is 2.51. The largest absolute Gasteiger partial charge is 0.471 e. The van der Waals surface area contributed by atoms with Gasteiger partial charge in [0.25, 0.3) is 0 Å². The van der Waals surface area contributed by atoms with E-state index in [2.05, 4.69) is 0 Å². The van der Waals surface area contributed by atoms with E-state index < -0.39 is 38.8 Å². The normalized spacial score (nSPS) is 26.1. The number of carbonyl (C=O) groups excluding carboxylic acids is 1. The van der Waals surface area contributed by atoms with Crippen LogP contribution in [0.1, 0.15) is 45.2 Å². The van der Waals surface area contributed by atoms with Crippen LogP contribution in [0.5, 0.6) is 0 Å². The average molecular weight is 405 g/mol. The summed E-state index contributed by atoms with van der Waals surface area (Å²) in [6.45, 7) is 8.91. The van der Waals surface area contributed by atoms with Crippen molar-refractivity contribution in [2.75, 3.05) is 12.8 Å². The highest BCUT2D eigenvalue weighted by Gasteiger charge is 2.55. The Hall–Kier alpha value is -1.57. The number of halogens is 3. The molecule has 2 rings (SSSR count). The molecule has 1 amide bonds. The van der Waals surface area contributed by atoms with Gasteiger partial charge in [-0.3, -0.25) is 4.79 Å². The van der Waals surface area contributed by atoms with E-state index in [4.69, 9.17) is 0 Å². The van der Waals surface area contributed by atoms with E-state index in [1.807, 2.05) is 26.8 Å². The molecule has 152 valence electrons. The van der Waals surface area contributed by atoms with Gasteiger partial charge in [-0.05, 0) is 42.9 Å². The summed E-state index contributed by atoms with van der Waals surface area (Å²) in [5.41, 5.74) is 0.0897. The van der Waals surface area contributed by atoms with Gasteiger partial charge in [0.1, 0.15) is 0 Å². The fraction of sp³-hybridized carbons (Fsp3) is 0.632. The van der Waals surface area contributed by atoms with Crippen molar-refractivity contribution in [3.8, 4) is 0 Å². The van der Waals surface area contributed by atoms with Gasteiger partial charge in [-0.1, -0.05) is 32.9 Å². The zero-order valence-electron chi connectivity index (χ0n) is 16.4. The molecule has 1 aromatic carbocycles. The Balaban J connectivity index is 2.56. The maximum Gasteiger partial charge on any atom is 0.471 e. The maximum atomic E-state index is 13.0. The lowest BCUT2D eigenvalue weighted by Gasteiger charge is -2.56. The van der Waals surface area contributed by atoms with Gasteiger partial charge in [0.2, 0.25) is 0 Å². The molecule has 0 aliphatic carbocycles. The molecule has 0 spiro atoms. The van der Waals surface area contributed by atoms with Crippen molar-refractivity contribution in [1.82, 2.24) is 4.90 Å². The summed E-state index contributed by atoms with van der Waals surface area (Å²) < 4.78 is 63.1. The Bertz CT molecular complexity index is 861. The van der Waals surface area contributed by atoms with Crippen LogP contribution in [0.4, 0.5) is 13.2 Å². The molecule has 1 fully saturated rings. The summed E-state index contributed by atoms with van der Waals surface area (Å²) >= 11 is 0. The molecule has 0 saturated carbocycles. The molecule has 0 bridgehead atoms. The second-order valence-electron chi connectivity index (χ2n) is 8.18. The highest BCUT2D eigenvalue weighted by Crippen LogP contribution is 2.52. The fourth-order valence-electron chi connectivity index (χ4n) is 4.25. The second kappa shape index (κ2) is 6.50. The predicted molar refractivity (Wildman–Crippen MR) is 97.3 cm³/mol. The molecule has 2 atom stereocenters. The van der Waals surface area contributed by atoms with Gasteiger partial charge >= 0.3 is 12.1 Å². The summed E-state index contributed by atoms with van der Waals surface area (Å²) in [4.78, 5) is 12.9. The number of amides is 1. The number of piperidine rings is 1. The highest BCUT2D eigenvalue weighted by molar-refractivity contribution is 7.90. The maximum absolute atomic E-state index is 13.0. The van der Waals surface area contributed by atoms with Gasteiger partial charge in [0.05, 0.1) is 4.90 Å². The van der Waals surface area contributed by atoms with Crippen molar-refractivity contribution in [3.63, 3.8) is 0 Å². The van der Waals surface area contributed by atoms with Gasteiger partial charge in [0, 0.05) is 24.3 Å². The molecule has 1 saturated heterocycles. The van der Waals surface area contributed by atoms with Crippen LogP contribution in [0, 0.1) is 12.3 Å². The number of sulfone groups is 1. The van der Waals surface area contributed by atoms with Crippen molar-refractivity contribution in [2.24, 2.45) is 5.41 Å². The molecule has 0 radical (unpaired) electrons. The van der Waals surface area contributed by atoms with Crippen molar-refractivity contribution >= 4 is 15.7 Å². The van der Waals surface area contributed by atoms with Crippen molar-refractivity contribution in [3.05, 3.63) is 29.3 Å². The van der Waals surface area contributed by atoms with E-state index in [9.17, 15) is 26.4 Å². The van der Waals surface area contributed by atoms with E-state index >= 15 is 0 Å². The number of likely N-dealkylation sites (tertiary alicyclic amines) is 1. The Morgan fingerprint density at radius 1 is 1.22 bits per heavy atom. The second-order valence-corrected chi connectivity index (χ2v) is 10.2. The predicted octanol–water partition coefficient (Wildman–Crippen LogP) is 3.87. The third-order valence-electron chi connectivity index (χ3n) is 6.57. The summed E-state index contributed by atoms with van der Waals surface area (Å²) in [5.74, 6) is -1.83. The van der Waals surface area contributed by atoms with Crippen LogP contribution in [0.25, 0.3) is 0 Å². The molecule has 0 aromatic heterocycles. The molecule has 8 heteroatoms. The van der Waals surface area contributed by atoms with Gasteiger partial charge in [-0.25, -0.2) is 8.42 Å². The highest BCUT2D eigenvalue weighted by atomic mass is 32.2. The zero-order chi connectivity index (χ0) is 21.0. The lowest BCUT2D eigenvalue weighted by atomic mass is 9.55. The number of rotatable bonds is 2. The van der Waals surface area contributed by atoms with Crippen LogP contribution in [-0.4, -0.2) is 44.2 Å². The number of benzene rings is 1. The van der Waals surface area contributed by atoms with Crippen molar-refractivity contribution in [2.45, 2.75) is 63.6 Å². The summed E-state index contributed by atoms with van der Waals surface area (Å²) in [6.07, 6.45) is -3.47. The quantitative estimate of drug-likeness (QED) is 0.751. The number of hydrogen-bond donors (Lipinski definition) is 0. The first-order chi connectivity index (χ1) is 12.0. The summed E-state index contributed by atoms with van der Waals surface area (Å²) in [7, 11) is -3.43. The number of carbonyl (C=O) groups is 1. The number of hydrogen-bond acceptors (Lipinski definition) is 3. The van der Waals surface area contributed by atoms with E-state index in [0.29, 0.717) is 12.0 Å². The van der Waals surface area contributed by atoms with Gasteiger partial charge in [-0.15, -0.1) is 0 Å². The minimum Gasteiger partial charge on any atom is -0.332 e. The van der Waals surface area contributed by atoms with E-state index in [1.165, 1.54) is 6.07 Å². The molecular formula is C19H26F3NO3S. The third-order valence-corrected chi connectivity index (χ3v) is 7.81. The lowest BCUT2D eigenvalue weighted by Crippen LogP contribution is -2.62. The number of alkyl halides is 3. The fourth-order valence-corrected chi connectivity index (χ4v) is 5.24. The molecule has 1 heterocycles. The molecule has 1 aliphatic heterocycles. The van der Waals surface area contributed by atoms with Crippen LogP contribution in [0.15, 0.2) is 23.1 Å². The van der Waals surface area contributed by atoms with Crippen LogP contribution in [0.3, 0.4) is 0 Å². The number of nitrogens with zero attached hydrogens (tertiary/aromatic N) is 1. The Morgan fingerprint density at radius 2 is 1.78 bits per heavy atom. The minimum atomic E-state index is -4.91. The van der Waals surface area contributed by atoms with E-state index in [0.717, 1.165) is 16.7 Å². The molecule has 4 nitrogen and oxygen atoms in total. The Kier molecular flexibility index (Phi) is 5.23.